The average molecular weight is 409 g/mol. The lowest BCUT2D eigenvalue weighted by molar-refractivity contribution is -0.0948. The summed E-state index contributed by atoms with van der Waals surface area (Å²) in [5, 5.41) is 3.93. The number of hydrogen-bond acceptors (Lipinski definition) is 2. The molecule has 0 aromatic heterocycles. The molecule has 1 spiro atoms. The first kappa shape index (κ1) is 18.8. The number of hydrogen-bond donors (Lipinski definition) is 2. The van der Waals surface area contributed by atoms with Gasteiger partial charge in [-0.3, -0.25) is 0 Å². The van der Waals surface area contributed by atoms with Crippen LogP contribution in [0.4, 0.5) is 0 Å². The van der Waals surface area contributed by atoms with Crippen LogP contribution in [0.15, 0.2) is 30.3 Å². The minimum absolute atomic E-state index is 0.259. The van der Waals surface area contributed by atoms with E-state index < -0.39 is 0 Å². The van der Waals surface area contributed by atoms with Crippen molar-refractivity contribution in [3.63, 3.8) is 0 Å². The fraction of sp³-hybridized carbons (Fsp3) is 0.731. The summed E-state index contributed by atoms with van der Waals surface area (Å²) < 4.78 is 0. The maximum atomic E-state index is 6.24. The van der Waals surface area contributed by atoms with Gasteiger partial charge in [-0.15, -0.1) is 0 Å². The van der Waals surface area contributed by atoms with Gasteiger partial charge in [-0.25, -0.2) is 0 Å². The molecule has 0 saturated heterocycles. The van der Waals surface area contributed by atoms with Gasteiger partial charge in [0.25, 0.3) is 0 Å². The van der Waals surface area contributed by atoms with Crippen molar-refractivity contribution in [1.82, 2.24) is 5.32 Å². The van der Waals surface area contributed by atoms with E-state index in [0.29, 0.717) is 16.9 Å². The molecule has 0 radical (unpaired) electrons. The molecule has 1 aromatic carbocycles. The SMILES string of the molecule is NCC1CCC(NC(=S)C23CC4CC(c5ccccc5)(CC(C2)C42CC2)C3)CC1. The monoisotopic (exact) mass is 408 g/mol. The second kappa shape index (κ2) is 6.53. The van der Waals surface area contributed by atoms with E-state index in [1.807, 2.05) is 0 Å². The Kier molecular flexibility index (Phi) is 4.24. The summed E-state index contributed by atoms with van der Waals surface area (Å²) in [4.78, 5) is 1.24. The molecule has 1 aromatic rings. The fourth-order valence-corrected chi connectivity index (χ4v) is 8.92. The van der Waals surface area contributed by atoms with Crippen LogP contribution in [0.5, 0.6) is 0 Å². The summed E-state index contributed by atoms with van der Waals surface area (Å²) in [7, 11) is 0. The molecule has 2 nitrogen and oxygen atoms in total. The van der Waals surface area contributed by atoms with Gasteiger partial charge in [0.2, 0.25) is 0 Å². The Bertz CT molecular complexity index is 772. The molecule has 3 heteroatoms. The lowest BCUT2D eigenvalue weighted by atomic mass is 9.39. The van der Waals surface area contributed by atoms with Crippen molar-refractivity contribution in [2.75, 3.05) is 6.54 Å². The summed E-state index contributed by atoms with van der Waals surface area (Å²) in [6, 6.07) is 12.1. The Morgan fingerprint density at radius 2 is 1.62 bits per heavy atom. The van der Waals surface area contributed by atoms with Gasteiger partial charge < -0.3 is 11.1 Å². The van der Waals surface area contributed by atoms with Crippen LogP contribution in [-0.4, -0.2) is 17.6 Å². The van der Waals surface area contributed by atoms with Gasteiger partial charge >= 0.3 is 0 Å². The summed E-state index contributed by atoms with van der Waals surface area (Å²) in [6.07, 6.45) is 14.9. The Hall–Kier alpha value is -0.930. The Morgan fingerprint density at radius 3 is 2.21 bits per heavy atom. The highest BCUT2D eigenvalue weighted by molar-refractivity contribution is 7.80. The van der Waals surface area contributed by atoms with Crippen molar-refractivity contribution in [3.05, 3.63) is 35.9 Å². The van der Waals surface area contributed by atoms with Crippen LogP contribution < -0.4 is 11.1 Å². The summed E-state index contributed by atoms with van der Waals surface area (Å²) in [6.45, 7) is 0.853. The van der Waals surface area contributed by atoms with Crippen LogP contribution >= 0.6 is 12.2 Å². The zero-order valence-electron chi connectivity index (χ0n) is 17.7. The predicted molar refractivity (Wildman–Crippen MR) is 123 cm³/mol. The van der Waals surface area contributed by atoms with E-state index in [0.717, 1.165) is 24.3 Å². The highest BCUT2D eigenvalue weighted by Gasteiger charge is 2.71. The Balaban J connectivity index is 1.27. The number of thiocarbonyl (C=S) groups is 1. The summed E-state index contributed by atoms with van der Waals surface area (Å²) in [5.74, 6) is 2.53. The quantitative estimate of drug-likeness (QED) is 0.660. The molecule has 6 saturated carbocycles. The van der Waals surface area contributed by atoms with Gasteiger partial charge in [-0.2, -0.15) is 0 Å². The molecule has 3 N–H and O–H groups in total. The molecular formula is C26H36N2S. The Labute approximate surface area is 181 Å². The van der Waals surface area contributed by atoms with Crippen LogP contribution in [0.2, 0.25) is 0 Å². The van der Waals surface area contributed by atoms with Crippen molar-refractivity contribution >= 4 is 17.2 Å². The number of benzene rings is 1. The van der Waals surface area contributed by atoms with Crippen LogP contribution in [0.1, 0.15) is 76.2 Å². The normalized spacial score (nSPS) is 44.0. The van der Waals surface area contributed by atoms with E-state index in [1.165, 1.54) is 75.6 Å². The van der Waals surface area contributed by atoms with E-state index in [2.05, 4.69) is 35.6 Å². The van der Waals surface area contributed by atoms with Gasteiger partial charge in [0, 0.05) is 11.5 Å². The lowest BCUT2D eigenvalue weighted by Gasteiger charge is -2.66. The molecule has 0 heterocycles. The highest BCUT2D eigenvalue weighted by atomic mass is 32.1. The molecule has 6 fully saturated rings. The molecule has 0 amide bonds. The second-order valence-corrected chi connectivity index (χ2v) is 11.9. The topological polar surface area (TPSA) is 38.0 Å². The van der Waals surface area contributed by atoms with Crippen molar-refractivity contribution in [2.24, 2.45) is 34.3 Å². The summed E-state index contributed by atoms with van der Waals surface area (Å²) >= 11 is 6.24. The van der Waals surface area contributed by atoms with Gasteiger partial charge in [0.1, 0.15) is 0 Å². The van der Waals surface area contributed by atoms with Gasteiger partial charge in [0.05, 0.1) is 4.99 Å². The van der Waals surface area contributed by atoms with E-state index in [-0.39, 0.29) is 5.41 Å². The van der Waals surface area contributed by atoms with Crippen molar-refractivity contribution in [3.8, 4) is 0 Å². The zero-order valence-corrected chi connectivity index (χ0v) is 18.5. The van der Waals surface area contributed by atoms with Gasteiger partial charge in [-0.05, 0) is 111 Å². The molecule has 0 aliphatic heterocycles. The van der Waals surface area contributed by atoms with Gasteiger partial charge in [0.15, 0.2) is 0 Å². The van der Waals surface area contributed by atoms with E-state index in [9.17, 15) is 0 Å². The molecule has 4 bridgehead atoms. The van der Waals surface area contributed by atoms with Crippen LogP contribution in [0, 0.1) is 28.6 Å². The van der Waals surface area contributed by atoms with Crippen molar-refractivity contribution < 1.29 is 0 Å². The van der Waals surface area contributed by atoms with Crippen LogP contribution in [0.3, 0.4) is 0 Å². The third kappa shape index (κ3) is 2.79. The van der Waals surface area contributed by atoms with Crippen molar-refractivity contribution in [2.45, 2.75) is 82.1 Å². The minimum Gasteiger partial charge on any atom is -0.376 e. The maximum absolute atomic E-state index is 6.24. The van der Waals surface area contributed by atoms with Crippen LogP contribution in [0.25, 0.3) is 0 Å². The molecule has 2 unspecified atom stereocenters. The highest BCUT2D eigenvalue weighted by Crippen LogP contribution is 2.78. The molecule has 156 valence electrons. The smallest absolute Gasteiger partial charge is 0.0818 e. The van der Waals surface area contributed by atoms with E-state index in [1.54, 1.807) is 5.56 Å². The van der Waals surface area contributed by atoms with Crippen molar-refractivity contribution in [1.29, 1.82) is 0 Å². The number of nitrogens with one attached hydrogen (secondary N) is 1. The second-order valence-electron chi connectivity index (χ2n) is 11.5. The fourth-order valence-electron chi connectivity index (χ4n) is 8.52. The minimum atomic E-state index is 0.259. The summed E-state index contributed by atoms with van der Waals surface area (Å²) in [5.41, 5.74) is 8.85. The number of nitrogens with two attached hydrogens (primary N) is 1. The van der Waals surface area contributed by atoms with Crippen LogP contribution in [-0.2, 0) is 5.41 Å². The third-order valence-electron chi connectivity index (χ3n) is 10.1. The average Bonchev–Trinajstić information content (AvgIpc) is 3.55. The first-order valence-corrected chi connectivity index (χ1v) is 12.5. The molecule has 6 aliphatic rings. The van der Waals surface area contributed by atoms with E-state index >= 15 is 0 Å². The first-order chi connectivity index (χ1) is 14.1. The molecule has 6 aliphatic carbocycles. The largest absolute Gasteiger partial charge is 0.376 e. The predicted octanol–water partition coefficient (Wildman–Crippen LogP) is 5.35. The maximum Gasteiger partial charge on any atom is 0.0818 e. The molecule has 7 rings (SSSR count). The molecule has 29 heavy (non-hydrogen) atoms. The molecule has 2 atom stereocenters. The van der Waals surface area contributed by atoms with Gasteiger partial charge in [-0.1, -0.05) is 42.5 Å². The third-order valence-corrected chi connectivity index (χ3v) is 10.6. The lowest BCUT2D eigenvalue weighted by Crippen LogP contribution is -2.63. The first-order valence-electron chi connectivity index (χ1n) is 12.1. The zero-order chi connectivity index (χ0) is 19.7. The standard InChI is InChI=1S/C26H36N2S/c27-16-18-6-8-22(9-7-18)28-23(29)25-14-20-12-24(17-25,19-4-2-1-3-5-19)13-21(15-25)26(20)10-11-26/h1-5,18,20-22H,6-17,27H2,(H,28,29). The Morgan fingerprint density at radius 1 is 0.966 bits per heavy atom. The van der Waals surface area contributed by atoms with E-state index in [4.69, 9.17) is 18.0 Å². The number of rotatable bonds is 4. The molecular weight excluding hydrogens is 372 g/mol.